The van der Waals surface area contributed by atoms with Crippen LogP contribution in [0, 0.1) is 0 Å². The standard InChI is InChI=1S/C14H16N4O3S/c1-3-4-14(2,13(20)21)18-11(19)10-8-22-12(17-10)9-7-15-5-6-16-9/h5-8H,3-4H2,1-2H3,(H,18,19)(H,20,21). The van der Waals surface area contributed by atoms with Gasteiger partial charge in [0.25, 0.3) is 5.91 Å². The van der Waals surface area contributed by atoms with E-state index < -0.39 is 17.4 Å². The highest BCUT2D eigenvalue weighted by Crippen LogP contribution is 2.21. The zero-order valence-corrected chi connectivity index (χ0v) is 13.1. The van der Waals surface area contributed by atoms with Crippen LogP contribution in [0.3, 0.4) is 0 Å². The molecule has 7 nitrogen and oxygen atoms in total. The number of hydrogen-bond donors (Lipinski definition) is 2. The van der Waals surface area contributed by atoms with E-state index in [0.29, 0.717) is 23.5 Å². The fourth-order valence-corrected chi connectivity index (χ4v) is 2.70. The number of amides is 1. The van der Waals surface area contributed by atoms with Crippen molar-refractivity contribution in [3.63, 3.8) is 0 Å². The smallest absolute Gasteiger partial charge is 0.329 e. The summed E-state index contributed by atoms with van der Waals surface area (Å²) in [6.07, 6.45) is 5.63. The molecule has 0 saturated carbocycles. The molecule has 2 heterocycles. The Labute approximate surface area is 131 Å². The first kappa shape index (κ1) is 16.0. The molecule has 22 heavy (non-hydrogen) atoms. The van der Waals surface area contributed by atoms with Crippen molar-refractivity contribution >= 4 is 23.2 Å². The number of carboxylic acids is 1. The van der Waals surface area contributed by atoms with Crippen LogP contribution < -0.4 is 5.32 Å². The Morgan fingerprint density at radius 2 is 2.18 bits per heavy atom. The molecule has 2 aromatic rings. The molecule has 0 aliphatic heterocycles. The minimum atomic E-state index is -1.30. The van der Waals surface area contributed by atoms with Gasteiger partial charge in [0, 0.05) is 17.8 Å². The normalized spacial score (nSPS) is 13.4. The van der Waals surface area contributed by atoms with Crippen LogP contribution in [0.15, 0.2) is 24.0 Å². The molecule has 2 rings (SSSR count). The third-order valence-corrected chi connectivity index (χ3v) is 4.00. The fraction of sp³-hybridized carbons (Fsp3) is 0.357. The van der Waals surface area contributed by atoms with E-state index in [1.807, 2.05) is 6.92 Å². The van der Waals surface area contributed by atoms with Gasteiger partial charge < -0.3 is 10.4 Å². The summed E-state index contributed by atoms with van der Waals surface area (Å²) in [5.41, 5.74) is -0.558. The maximum Gasteiger partial charge on any atom is 0.329 e. The average molecular weight is 320 g/mol. The van der Waals surface area contributed by atoms with E-state index in [-0.39, 0.29) is 5.69 Å². The van der Waals surface area contributed by atoms with Crippen LogP contribution >= 0.6 is 11.3 Å². The summed E-state index contributed by atoms with van der Waals surface area (Å²) >= 11 is 1.26. The number of rotatable bonds is 6. The van der Waals surface area contributed by atoms with Crippen molar-refractivity contribution in [1.82, 2.24) is 20.3 Å². The summed E-state index contributed by atoms with van der Waals surface area (Å²) in [6, 6.07) is 0. The third-order valence-electron chi connectivity index (χ3n) is 3.13. The Kier molecular flexibility index (Phi) is 4.81. The Morgan fingerprint density at radius 1 is 1.41 bits per heavy atom. The van der Waals surface area contributed by atoms with Crippen molar-refractivity contribution < 1.29 is 14.7 Å². The minimum absolute atomic E-state index is 0.175. The average Bonchev–Trinajstić information content (AvgIpc) is 2.98. The molecule has 2 N–H and O–H groups in total. The molecule has 116 valence electrons. The van der Waals surface area contributed by atoms with E-state index >= 15 is 0 Å². The predicted octanol–water partition coefficient (Wildman–Crippen LogP) is 1.97. The Balaban J connectivity index is 2.17. The summed E-state index contributed by atoms with van der Waals surface area (Å²) in [7, 11) is 0. The van der Waals surface area contributed by atoms with Gasteiger partial charge in [0.15, 0.2) is 0 Å². The van der Waals surface area contributed by atoms with E-state index in [1.54, 1.807) is 24.0 Å². The fourth-order valence-electron chi connectivity index (χ4n) is 1.94. The lowest BCUT2D eigenvalue weighted by Crippen LogP contribution is -2.52. The van der Waals surface area contributed by atoms with Gasteiger partial charge >= 0.3 is 5.97 Å². The van der Waals surface area contributed by atoms with Crippen LogP contribution in [0.1, 0.15) is 37.2 Å². The molecular formula is C14H16N4O3S. The number of hydrogen-bond acceptors (Lipinski definition) is 6. The topological polar surface area (TPSA) is 105 Å². The number of thiazole rings is 1. The molecular weight excluding hydrogens is 304 g/mol. The van der Waals surface area contributed by atoms with Crippen molar-refractivity contribution in [3.05, 3.63) is 29.7 Å². The molecule has 1 amide bonds. The van der Waals surface area contributed by atoms with Gasteiger partial charge in [-0.3, -0.25) is 14.8 Å². The second-order valence-corrected chi connectivity index (χ2v) is 5.83. The molecule has 0 radical (unpaired) electrons. The van der Waals surface area contributed by atoms with Crippen LogP contribution in [0.5, 0.6) is 0 Å². The highest BCUT2D eigenvalue weighted by Gasteiger charge is 2.34. The molecule has 0 aliphatic carbocycles. The Bertz CT molecular complexity index is 674. The SMILES string of the molecule is CCCC(C)(NC(=O)c1csc(-c2cnccn2)n1)C(=O)O. The van der Waals surface area contributed by atoms with Crippen molar-refractivity contribution in [1.29, 1.82) is 0 Å². The summed E-state index contributed by atoms with van der Waals surface area (Å²) in [4.78, 5) is 35.8. The van der Waals surface area contributed by atoms with Gasteiger partial charge in [-0.25, -0.2) is 9.78 Å². The molecule has 1 atom stereocenters. The molecule has 0 bridgehead atoms. The molecule has 0 spiro atoms. The Hall–Kier alpha value is -2.35. The van der Waals surface area contributed by atoms with Crippen LogP contribution in [-0.2, 0) is 4.79 Å². The maximum absolute atomic E-state index is 12.2. The lowest BCUT2D eigenvalue weighted by Gasteiger charge is -2.25. The number of nitrogens with one attached hydrogen (secondary N) is 1. The van der Waals surface area contributed by atoms with Gasteiger partial charge in [-0.05, 0) is 13.3 Å². The van der Waals surface area contributed by atoms with Crippen LogP contribution in [0.2, 0.25) is 0 Å². The summed E-state index contributed by atoms with van der Waals surface area (Å²) in [6.45, 7) is 3.36. The molecule has 0 saturated heterocycles. The van der Waals surface area contributed by atoms with Crippen LogP contribution in [0.4, 0.5) is 0 Å². The molecule has 2 aromatic heterocycles. The number of carbonyl (C=O) groups is 2. The monoisotopic (exact) mass is 320 g/mol. The van der Waals surface area contributed by atoms with Gasteiger partial charge in [-0.15, -0.1) is 11.3 Å². The van der Waals surface area contributed by atoms with Crippen molar-refractivity contribution in [2.45, 2.75) is 32.2 Å². The van der Waals surface area contributed by atoms with Gasteiger partial charge in [-0.2, -0.15) is 0 Å². The summed E-state index contributed by atoms with van der Waals surface area (Å²) in [5, 5.41) is 14.0. The van der Waals surface area contributed by atoms with Crippen LogP contribution in [-0.4, -0.2) is 37.5 Å². The van der Waals surface area contributed by atoms with E-state index in [0.717, 1.165) is 0 Å². The minimum Gasteiger partial charge on any atom is -0.480 e. The van der Waals surface area contributed by atoms with E-state index in [2.05, 4.69) is 20.3 Å². The largest absolute Gasteiger partial charge is 0.480 e. The van der Waals surface area contributed by atoms with Gasteiger partial charge in [0.2, 0.25) is 0 Å². The maximum atomic E-state index is 12.2. The molecule has 0 aliphatic rings. The second kappa shape index (κ2) is 6.61. The van der Waals surface area contributed by atoms with E-state index in [1.165, 1.54) is 18.3 Å². The predicted molar refractivity (Wildman–Crippen MR) is 81.6 cm³/mol. The number of carbonyl (C=O) groups excluding carboxylic acids is 1. The quantitative estimate of drug-likeness (QED) is 0.843. The molecule has 1 unspecified atom stereocenters. The second-order valence-electron chi connectivity index (χ2n) is 4.97. The van der Waals surface area contributed by atoms with E-state index in [4.69, 9.17) is 0 Å². The molecule has 0 aromatic carbocycles. The van der Waals surface area contributed by atoms with Gasteiger partial charge in [0.1, 0.15) is 21.9 Å². The highest BCUT2D eigenvalue weighted by molar-refractivity contribution is 7.13. The van der Waals surface area contributed by atoms with Gasteiger partial charge in [-0.1, -0.05) is 13.3 Å². The zero-order valence-electron chi connectivity index (χ0n) is 12.2. The van der Waals surface area contributed by atoms with Crippen LogP contribution in [0.25, 0.3) is 10.7 Å². The number of nitrogens with zero attached hydrogens (tertiary/aromatic N) is 3. The van der Waals surface area contributed by atoms with Crippen molar-refractivity contribution in [3.8, 4) is 10.7 Å². The lowest BCUT2D eigenvalue weighted by atomic mass is 9.96. The van der Waals surface area contributed by atoms with Gasteiger partial charge in [0.05, 0.1) is 6.20 Å². The lowest BCUT2D eigenvalue weighted by molar-refractivity contribution is -0.144. The first-order valence-corrected chi connectivity index (χ1v) is 7.62. The van der Waals surface area contributed by atoms with Crippen molar-refractivity contribution in [2.75, 3.05) is 0 Å². The number of carboxylic acid groups (broad SMARTS) is 1. The third kappa shape index (κ3) is 3.45. The van der Waals surface area contributed by atoms with E-state index in [9.17, 15) is 14.7 Å². The molecule has 0 fully saturated rings. The Morgan fingerprint density at radius 3 is 2.77 bits per heavy atom. The van der Waals surface area contributed by atoms with Crippen molar-refractivity contribution in [2.24, 2.45) is 0 Å². The first-order chi connectivity index (χ1) is 10.5. The number of aromatic nitrogens is 3. The number of aliphatic carboxylic acids is 1. The summed E-state index contributed by atoms with van der Waals surface area (Å²) < 4.78 is 0. The molecule has 8 heteroatoms. The highest BCUT2D eigenvalue weighted by atomic mass is 32.1. The summed E-state index contributed by atoms with van der Waals surface area (Å²) in [5.74, 6) is -1.57. The zero-order chi connectivity index (χ0) is 16.2. The first-order valence-electron chi connectivity index (χ1n) is 6.74.